The van der Waals surface area contributed by atoms with Crippen LogP contribution in [0.3, 0.4) is 0 Å². The molecular weight excluding hydrogens is 592 g/mol. The highest BCUT2D eigenvalue weighted by Crippen LogP contribution is 2.31. The predicted octanol–water partition coefficient (Wildman–Crippen LogP) is 6.32. The highest BCUT2D eigenvalue weighted by molar-refractivity contribution is 7.92. The lowest BCUT2D eigenvalue weighted by Crippen LogP contribution is -2.49. The van der Waals surface area contributed by atoms with Crippen LogP contribution in [-0.2, 0) is 26.2 Å². The van der Waals surface area contributed by atoms with E-state index in [1.165, 1.54) is 17.0 Å². The molecule has 1 saturated carbocycles. The fourth-order valence-electron chi connectivity index (χ4n) is 4.47. The second-order valence-corrected chi connectivity index (χ2v) is 13.1. The number of amides is 2. The number of carbonyl (C=O) groups is 2. The van der Waals surface area contributed by atoms with Crippen molar-refractivity contribution in [3.8, 4) is 0 Å². The van der Waals surface area contributed by atoms with Crippen LogP contribution in [0.2, 0.25) is 20.1 Å². The van der Waals surface area contributed by atoms with E-state index in [2.05, 4.69) is 5.32 Å². The van der Waals surface area contributed by atoms with Crippen molar-refractivity contribution < 1.29 is 18.0 Å². The van der Waals surface area contributed by atoms with Gasteiger partial charge in [-0.2, -0.15) is 0 Å². The number of anilines is 1. The lowest BCUT2D eigenvalue weighted by molar-refractivity contribution is -0.140. The molecule has 0 heterocycles. The molecule has 0 aliphatic heterocycles. The Hall–Kier alpha value is -1.71. The molecule has 1 atom stereocenters. The van der Waals surface area contributed by atoms with Gasteiger partial charge in [-0.3, -0.25) is 13.9 Å². The third-order valence-corrected chi connectivity index (χ3v) is 8.88. The van der Waals surface area contributed by atoms with E-state index in [1.807, 2.05) is 0 Å². The van der Waals surface area contributed by atoms with E-state index in [9.17, 15) is 18.0 Å². The number of hydrogen-bond donors (Lipinski definition) is 1. The molecule has 0 unspecified atom stereocenters. The van der Waals surface area contributed by atoms with Gasteiger partial charge >= 0.3 is 0 Å². The Morgan fingerprint density at radius 2 is 1.63 bits per heavy atom. The summed E-state index contributed by atoms with van der Waals surface area (Å²) in [6.07, 6.45) is 5.22. The molecule has 2 aromatic carbocycles. The first-order valence-corrected chi connectivity index (χ1v) is 15.7. The molecule has 1 fully saturated rings. The van der Waals surface area contributed by atoms with Gasteiger partial charge in [0, 0.05) is 40.6 Å². The molecule has 3 rings (SSSR count). The molecule has 0 bridgehead atoms. The van der Waals surface area contributed by atoms with Gasteiger partial charge < -0.3 is 10.2 Å². The highest BCUT2D eigenvalue weighted by Gasteiger charge is 2.29. The Labute approximate surface area is 244 Å². The average Bonchev–Trinajstić information content (AvgIpc) is 3.35. The normalized spacial score (nSPS) is 14.8. The second kappa shape index (κ2) is 13.6. The smallest absolute Gasteiger partial charge is 0.242 e. The van der Waals surface area contributed by atoms with E-state index in [4.69, 9.17) is 46.4 Å². The van der Waals surface area contributed by atoms with Crippen LogP contribution < -0.4 is 9.62 Å². The molecule has 0 aromatic heterocycles. The zero-order valence-corrected chi connectivity index (χ0v) is 25.1. The van der Waals surface area contributed by atoms with Gasteiger partial charge in [-0.05, 0) is 62.1 Å². The zero-order chi connectivity index (χ0) is 28.0. The fourth-order valence-corrected chi connectivity index (χ4v) is 6.34. The first kappa shape index (κ1) is 30.8. The van der Waals surface area contributed by atoms with Crippen molar-refractivity contribution in [1.29, 1.82) is 0 Å². The summed E-state index contributed by atoms with van der Waals surface area (Å²) in [4.78, 5) is 28.0. The third kappa shape index (κ3) is 8.39. The molecule has 0 saturated heterocycles. The van der Waals surface area contributed by atoms with Gasteiger partial charge in [-0.25, -0.2) is 8.42 Å². The summed E-state index contributed by atoms with van der Waals surface area (Å²) in [7, 11) is -3.71. The van der Waals surface area contributed by atoms with Crippen molar-refractivity contribution in [2.75, 3.05) is 17.1 Å². The van der Waals surface area contributed by atoms with Gasteiger partial charge in [-0.1, -0.05) is 65.3 Å². The Bertz CT molecular complexity index is 1270. The Balaban J connectivity index is 1.77. The van der Waals surface area contributed by atoms with Crippen LogP contribution in [-0.4, -0.2) is 50.0 Å². The van der Waals surface area contributed by atoms with Crippen molar-refractivity contribution in [3.63, 3.8) is 0 Å². The number of benzene rings is 2. The van der Waals surface area contributed by atoms with Gasteiger partial charge in [0.2, 0.25) is 21.8 Å². The van der Waals surface area contributed by atoms with Crippen LogP contribution >= 0.6 is 46.4 Å². The SMILES string of the molecule is C[C@@H](C(=O)NC1CCCC1)N(Cc1ccc(Cl)cc1Cl)C(=O)CCCN(c1cc(Cl)ccc1Cl)S(C)(=O)=O. The third-order valence-electron chi connectivity index (χ3n) is 6.55. The molecule has 0 spiro atoms. The quantitative estimate of drug-likeness (QED) is 0.318. The zero-order valence-electron chi connectivity index (χ0n) is 21.2. The summed E-state index contributed by atoms with van der Waals surface area (Å²) in [5, 5.41) is 4.46. The summed E-state index contributed by atoms with van der Waals surface area (Å²) < 4.78 is 26.2. The molecule has 2 aromatic rings. The minimum absolute atomic E-state index is 0.00281. The number of nitrogens with one attached hydrogen (secondary N) is 1. The molecular formula is C26H31Cl4N3O4S. The summed E-state index contributed by atoms with van der Waals surface area (Å²) >= 11 is 24.7. The second-order valence-electron chi connectivity index (χ2n) is 9.46. The van der Waals surface area contributed by atoms with Gasteiger partial charge in [0.05, 0.1) is 17.0 Å². The van der Waals surface area contributed by atoms with Crippen molar-refractivity contribution >= 4 is 73.9 Å². The molecule has 1 N–H and O–H groups in total. The number of nitrogens with zero attached hydrogens (tertiary/aromatic N) is 2. The van der Waals surface area contributed by atoms with Crippen LogP contribution in [0.25, 0.3) is 0 Å². The van der Waals surface area contributed by atoms with Crippen LogP contribution in [0.5, 0.6) is 0 Å². The Kier molecular flexibility index (Phi) is 11.0. The topological polar surface area (TPSA) is 86.8 Å². The summed E-state index contributed by atoms with van der Waals surface area (Å²) in [5.74, 6) is -0.547. The lowest BCUT2D eigenvalue weighted by atomic mass is 10.1. The van der Waals surface area contributed by atoms with E-state index in [1.54, 1.807) is 31.2 Å². The Morgan fingerprint density at radius 1 is 1.00 bits per heavy atom. The summed E-state index contributed by atoms with van der Waals surface area (Å²) in [5.41, 5.74) is 0.886. The highest BCUT2D eigenvalue weighted by atomic mass is 35.5. The molecule has 7 nitrogen and oxygen atoms in total. The summed E-state index contributed by atoms with van der Waals surface area (Å²) in [6, 6.07) is 8.88. The molecule has 38 heavy (non-hydrogen) atoms. The van der Waals surface area contributed by atoms with Crippen LogP contribution in [0.4, 0.5) is 5.69 Å². The van der Waals surface area contributed by atoms with Crippen LogP contribution in [0.15, 0.2) is 36.4 Å². The first-order valence-electron chi connectivity index (χ1n) is 12.3. The molecule has 1 aliphatic rings. The van der Waals surface area contributed by atoms with Gasteiger partial charge in [-0.15, -0.1) is 0 Å². The molecule has 208 valence electrons. The predicted molar refractivity (Wildman–Crippen MR) is 155 cm³/mol. The van der Waals surface area contributed by atoms with E-state index >= 15 is 0 Å². The van der Waals surface area contributed by atoms with Crippen LogP contribution in [0.1, 0.15) is 51.0 Å². The minimum Gasteiger partial charge on any atom is -0.352 e. The first-order chi connectivity index (χ1) is 17.9. The van der Waals surface area contributed by atoms with Crippen molar-refractivity contribution in [3.05, 3.63) is 62.1 Å². The molecule has 1 aliphatic carbocycles. The van der Waals surface area contributed by atoms with Gasteiger partial charge in [0.25, 0.3) is 0 Å². The van der Waals surface area contributed by atoms with E-state index in [0.29, 0.717) is 20.6 Å². The van der Waals surface area contributed by atoms with Crippen molar-refractivity contribution in [2.45, 2.75) is 64.1 Å². The van der Waals surface area contributed by atoms with E-state index in [0.717, 1.165) is 36.2 Å². The van der Waals surface area contributed by atoms with Crippen LogP contribution in [0, 0.1) is 0 Å². The number of carbonyl (C=O) groups excluding carboxylic acids is 2. The largest absolute Gasteiger partial charge is 0.352 e. The number of hydrogen-bond acceptors (Lipinski definition) is 4. The van der Waals surface area contributed by atoms with Gasteiger partial charge in [0.15, 0.2) is 0 Å². The maximum absolute atomic E-state index is 13.5. The average molecular weight is 623 g/mol. The van der Waals surface area contributed by atoms with Crippen molar-refractivity contribution in [2.24, 2.45) is 0 Å². The van der Waals surface area contributed by atoms with Crippen molar-refractivity contribution in [1.82, 2.24) is 10.2 Å². The molecule has 2 amide bonds. The van der Waals surface area contributed by atoms with E-state index in [-0.39, 0.29) is 54.5 Å². The monoisotopic (exact) mass is 621 g/mol. The molecule has 0 radical (unpaired) electrons. The minimum atomic E-state index is -3.71. The van der Waals surface area contributed by atoms with Gasteiger partial charge in [0.1, 0.15) is 6.04 Å². The number of sulfonamides is 1. The summed E-state index contributed by atoms with van der Waals surface area (Å²) in [6.45, 7) is 1.79. The number of rotatable bonds is 11. The lowest BCUT2D eigenvalue weighted by Gasteiger charge is -2.30. The number of halogens is 4. The fraction of sp³-hybridized carbons (Fsp3) is 0.462. The van der Waals surface area contributed by atoms with E-state index < -0.39 is 16.1 Å². The Morgan fingerprint density at radius 3 is 2.26 bits per heavy atom. The maximum atomic E-state index is 13.5. The molecule has 12 heteroatoms. The maximum Gasteiger partial charge on any atom is 0.242 e. The standard InChI is InChI=1S/C26H31Cl4N3O4S/c1-17(26(35)31-21-6-3-4-7-21)32(16-18-9-10-19(27)14-23(18)30)25(34)8-5-13-33(38(2,36)37)24-15-20(28)11-12-22(24)29/h9-12,14-15,17,21H,3-8,13,16H2,1-2H3,(H,31,35)/t17-/m0/s1.